The largest absolute Gasteiger partial charge is 0.375 e. The van der Waals surface area contributed by atoms with Gasteiger partial charge in [0.1, 0.15) is 0 Å². The van der Waals surface area contributed by atoms with Crippen molar-refractivity contribution in [1.82, 2.24) is 0 Å². The van der Waals surface area contributed by atoms with E-state index in [2.05, 4.69) is 31.2 Å². The van der Waals surface area contributed by atoms with Crippen molar-refractivity contribution >= 4 is 0 Å². The molecule has 1 atom stereocenters. The van der Waals surface area contributed by atoms with Gasteiger partial charge in [-0.1, -0.05) is 29.8 Å². The molecular weight excluding hydrogens is 162 g/mol. The van der Waals surface area contributed by atoms with Crippen molar-refractivity contribution in [2.75, 3.05) is 6.61 Å². The van der Waals surface area contributed by atoms with Crippen LogP contribution in [0.5, 0.6) is 0 Å². The van der Waals surface area contributed by atoms with E-state index < -0.39 is 0 Å². The van der Waals surface area contributed by atoms with Gasteiger partial charge in [0.05, 0.1) is 13.2 Å². The second-order valence-electron chi connectivity index (χ2n) is 3.48. The van der Waals surface area contributed by atoms with Gasteiger partial charge in [0, 0.05) is 6.04 Å². The first-order chi connectivity index (χ1) is 6.18. The van der Waals surface area contributed by atoms with E-state index in [1.807, 2.05) is 6.92 Å². The third-order valence-electron chi connectivity index (χ3n) is 1.77. The van der Waals surface area contributed by atoms with Crippen molar-refractivity contribution in [2.24, 2.45) is 5.73 Å². The number of hydrogen-bond donors (Lipinski definition) is 1. The van der Waals surface area contributed by atoms with Gasteiger partial charge in [0.2, 0.25) is 0 Å². The molecule has 0 fully saturated rings. The summed E-state index contributed by atoms with van der Waals surface area (Å²) in [5.41, 5.74) is 8.03. The van der Waals surface area contributed by atoms with E-state index in [-0.39, 0.29) is 6.04 Å². The maximum atomic E-state index is 5.56. The van der Waals surface area contributed by atoms with E-state index in [0.29, 0.717) is 13.2 Å². The minimum Gasteiger partial charge on any atom is -0.375 e. The zero-order valence-corrected chi connectivity index (χ0v) is 8.29. The highest BCUT2D eigenvalue weighted by Crippen LogP contribution is 2.04. The Kier molecular flexibility index (Phi) is 3.93. The van der Waals surface area contributed by atoms with Gasteiger partial charge in [-0.3, -0.25) is 0 Å². The molecule has 0 aliphatic rings. The third-order valence-corrected chi connectivity index (χ3v) is 1.77. The molecule has 0 heterocycles. The summed E-state index contributed by atoms with van der Waals surface area (Å²) in [6.45, 7) is 5.29. The fraction of sp³-hybridized carbons (Fsp3) is 0.455. The molecule has 0 unspecified atom stereocenters. The summed E-state index contributed by atoms with van der Waals surface area (Å²) in [6, 6.07) is 8.45. The number of nitrogens with two attached hydrogens (primary N) is 1. The molecule has 2 nitrogen and oxygen atoms in total. The van der Waals surface area contributed by atoms with Gasteiger partial charge < -0.3 is 10.5 Å². The fourth-order valence-electron chi connectivity index (χ4n) is 1.05. The maximum absolute atomic E-state index is 5.56. The lowest BCUT2D eigenvalue weighted by Crippen LogP contribution is -2.21. The summed E-state index contributed by atoms with van der Waals surface area (Å²) in [5, 5.41) is 0. The van der Waals surface area contributed by atoms with Crippen molar-refractivity contribution in [3.05, 3.63) is 35.4 Å². The molecule has 0 aromatic heterocycles. The standard InChI is InChI=1S/C11H17NO/c1-9-3-5-11(6-4-9)8-13-7-10(2)12/h3-6,10H,7-8,12H2,1-2H3/t10-/m0/s1. The number of benzene rings is 1. The van der Waals surface area contributed by atoms with Crippen molar-refractivity contribution in [2.45, 2.75) is 26.5 Å². The summed E-state index contributed by atoms with van der Waals surface area (Å²) in [6.07, 6.45) is 0. The highest BCUT2D eigenvalue weighted by atomic mass is 16.5. The summed E-state index contributed by atoms with van der Waals surface area (Å²) in [4.78, 5) is 0. The highest BCUT2D eigenvalue weighted by Gasteiger charge is 1.95. The van der Waals surface area contributed by atoms with Crippen LogP contribution in [0.4, 0.5) is 0 Å². The summed E-state index contributed by atoms with van der Waals surface area (Å²) < 4.78 is 5.40. The van der Waals surface area contributed by atoms with E-state index in [9.17, 15) is 0 Å². The molecule has 0 saturated carbocycles. The van der Waals surface area contributed by atoms with Gasteiger partial charge in [0.25, 0.3) is 0 Å². The topological polar surface area (TPSA) is 35.2 Å². The van der Waals surface area contributed by atoms with Crippen LogP contribution in [0.1, 0.15) is 18.1 Å². The quantitative estimate of drug-likeness (QED) is 0.765. The highest BCUT2D eigenvalue weighted by molar-refractivity contribution is 5.20. The average molecular weight is 179 g/mol. The van der Waals surface area contributed by atoms with Crippen LogP contribution < -0.4 is 5.73 Å². The van der Waals surface area contributed by atoms with E-state index in [4.69, 9.17) is 10.5 Å². The summed E-state index contributed by atoms with van der Waals surface area (Å²) >= 11 is 0. The van der Waals surface area contributed by atoms with Gasteiger partial charge in [-0.2, -0.15) is 0 Å². The molecule has 13 heavy (non-hydrogen) atoms. The Morgan fingerprint density at radius 3 is 2.46 bits per heavy atom. The molecule has 72 valence electrons. The maximum Gasteiger partial charge on any atom is 0.0717 e. The molecule has 2 heteroatoms. The molecule has 1 rings (SSSR count). The van der Waals surface area contributed by atoms with Gasteiger partial charge in [0.15, 0.2) is 0 Å². The van der Waals surface area contributed by atoms with Gasteiger partial charge in [-0.25, -0.2) is 0 Å². The molecule has 2 N–H and O–H groups in total. The van der Waals surface area contributed by atoms with Crippen molar-refractivity contribution in [3.8, 4) is 0 Å². The predicted molar refractivity (Wildman–Crippen MR) is 54.5 cm³/mol. The lowest BCUT2D eigenvalue weighted by atomic mass is 10.2. The molecule has 0 aliphatic carbocycles. The first-order valence-electron chi connectivity index (χ1n) is 4.57. The second-order valence-corrected chi connectivity index (χ2v) is 3.48. The van der Waals surface area contributed by atoms with Crippen LogP contribution in [0.15, 0.2) is 24.3 Å². The minimum atomic E-state index is 0.116. The van der Waals surface area contributed by atoms with Crippen molar-refractivity contribution < 1.29 is 4.74 Å². The van der Waals surface area contributed by atoms with Crippen LogP contribution in [-0.4, -0.2) is 12.6 Å². The van der Waals surface area contributed by atoms with Crippen LogP contribution in [0, 0.1) is 6.92 Å². The summed E-state index contributed by atoms with van der Waals surface area (Å²) in [7, 11) is 0. The van der Waals surface area contributed by atoms with Gasteiger partial charge >= 0.3 is 0 Å². The second kappa shape index (κ2) is 5.00. The lowest BCUT2D eigenvalue weighted by molar-refractivity contribution is 0.111. The fourth-order valence-corrected chi connectivity index (χ4v) is 1.05. The zero-order valence-electron chi connectivity index (χ0n) is 8.29. The average Bonchev–Trinajstić information content (AvgIpc) is 2.08. The van der Waals surface area contributed by atoms with E-state index in [1.54, 1.807) is 0 Å². The van der Waals surface area contributed by atoms with E-state index in [0.717, 1.165) is 0 Å². The first kappa shape index (κ1) is 10.2. The molecule has 0 spiro atoms. The van der Waals surface area contributed by atoms with Crippen LogP contribution in [0.3, 0.4) is 0 Å². The molecule has 0 bridgehead atoms. The zero-order chi connectivity index (χ0) is 9.68. The molecular formula is C11H17NO. The van der Waals surface area contributed by atoms with E-state index >= 15 is 0 Å². The van der Waals surface area contributed by atoms with Gasteiger partial charge in [-0.15, -0.1) is 0 Å². The monoisotopic (exact) mass is 179 g/mol. The Labute approximate surface area is 79.7 Å². The number of aryl methyl sites for hydroxylation is 1. The SMILES string of the molecule is Cc1ccc(COC[C@H](C)N)cc1. The number of rotatable bonds is 4. The molecule has 0 amide bonds. The van der Waals surface area contributed by atoms with Crippen molar-refractivity contribution in [3.63, 3.8) is 0 Å². The Balaban J connectivity index is 2.33. The number of hydrogen-bond acceptors (Lipinski definition) is 2. The van der Waals surface area contributed by atoms with Crippen molar-refractivity contribution in [1.29, 1.82) is 0 Å². The smallest absolute Gasteiger partial charge is 0.0717 e. The van der Waals surface area contributed by atoms with Gasteiger partial charge in [-0.05, 0) is 19.4 Å². The lowest BCUT2D eigenvalue weighted by Gasteiger charge is -2.06. The predicted octanol–water partition coefficient (Wildman–Crippen LogP) is 1.86. The molecule has 1 aromatic rings. The molecule has 1 aromatic carbocycles. The molecule has 0 radical (unpaired) electrons. The normalized spacial score (nSPS) is 12.8. The van der Waals surface area contributed by atoms with Crippen LogP contribution in [0.25, 0.3) is 0 Å². The Hall–Kier alpha value is -0.860. The summed E-state index contributed by atoms with van der Waals surface area (Å²) in [5.74, 6) is 0. The van der Waals surface area contributed by atoms with Crippen LogP contribution in [-0.2, 0) is 11.3 Å². The molecule has 0 aliphatic heterocycles. The Morgan fingerprint density at radius 1 is 1.31 bits per heavy atom. The first-order valence-corrected chi connectivity index (χ1v) is 4.57. The van der Waals surface area contributed by atoms with Crippen LogP contribution in [0.2, 0.25) is 0 Å². The molecule has 0 saturated heterocycles. The number of ether oxygens (including phenoxy) is 1. The van der Waals surface area contributed by atoms with E-state index in [1.165, 1.54) is 11.1 Å². The van der Waals surface area contributed by atoms with Crippen LogP contribution >= 0.6 is 0 Å². The minimum absolute atomic E-state index is 0.116. The Morgan fingerprint density at radius 2 is 1.92 bits per heavy atom. The Bertz CT molecular complexity index is 241. The third kappa shape index (κ3) is 4.06.